The maximum Gasteiger partial charge on any atom is 0.264 e. The highest BCUT2D eigenvalue weighted by Gasteiger charge is 2.23. The van der Waals surface area contributed by atoms with Gasteiger partial charge in [-0.2, -0.15) is 0 Å². The number of hydrogen-bond donors (Lipinski definition) is 0. The third-order valence-electron chi connectivity index (χ3n) is 1.62. The molecule has 0 unspecified atom stereocenters. The monoisotopic (exact) mass is 182 g/mol. The van der Waals surface area contributed by atoms with Crippen molar-refractivity contribution in [3.05, 3.63) is 36.8 Å². The smallest absolute Gasteiger partial charge is 0.264 e. The van der Waals surface area contributed by atoms with Gasteiger partial charge in [0.05, 0.1) is 0 Å². The summed E-state index contributed by atoms with van der Waals surface area (Å²) in [6, 6.07) is 0. The Labute approximate surface area is 76.6 Å². The zero-order valence-corrected chi connectivity index (χ0v) is 9.05. The molecule has 0 fully saturated rings. The maximum absolute atomic E-state index is 5.72. The highest BCUT2D eigenvalue weighted by Crippen LogP contribution is 2.10. The van der Waals surface area contributed by atoms with Gasteiger partial charge in [-0.1, -0.05) is 30.9 Å². The molecule has 0 spiro atoms. The van der Waals surface area contributed by atoms with Crippen molar-refractivity contribution in [2.24, 2.45) is 5.92 Å². The zero-order valence-electron chi connectivity index (χ0n) is 8.05. The SMILES string of the molecule is C=C[Si](C=C)(C=C)OCC(C)C. The topological polar surface area (TPSA) is 9.23 Å². The van der Waals surface area contributed by atoms with Crippen molar-refractivity contribution in [2.75, 3.05) is 6.61 Å². The van der Waals surface area contributed by atoms with E-state index in [-0.39, 0.29) is 0 Å². The average molecular weight is 182 g/mol. The molecule has 0 aromatic rings. The molecule has 0 saturated heterocycles. The van der Waals surface area contributed by atoms with Crippen LogP contribution >= 0.6 is 0 Å². The molecule has 0 aliphatic carbocycles. The van der Waals surface area contributed by atoms with Crippen molar-refractivity contribution >= 4 is 8.32 Å². The van der Waals surface area contributed by atoms with Crippen LogP contribution < -0.4 is 0 Å². The van der Waals surface area contributed by atoms with E-state index < -0.39 is 8.32 Å². The summed E-state index contributed by atoms with van der Waals surface area (Å²) in [5.74, 6) is 0.539. The van der Waals surface area contributed by atoms with Gasteiger partial charge < -0.3 is 4.43 Å². The Morgan fingerprint density at radius 1 is 1.17 bits per heavy atom. The second-order valence-corrected chi connectivity index (χ2v) is 6.39. The molecule has 0 aliphatic rings. The van der Waals surface area contributed by atoms with Gasteiger partial charge in [-0.15, -0.1) is 19.7 Å². The molecule has 68 valence electrons. The lowest BCUT2D eigenvalue weighted by Crippen LogP contribution is -2.33. The summed E-state index contributed by atoms with van der Waals surface area (Å²) in [4.78, 5) is 0. The normalized spacial score (nSPS) is 11.2. The lowest BCUT2D eigenvalue weighted by Gasteiger charge is -2.21. The first kappa shape index (κ1) is 11.4. The fourth-order valence-corrected chi connectivity index (χ4v) is 2.21. The van der Waals surface area contributed by atoms with Crippen molar-refractivity contribution in [3.63, 3.8) is 0 Å². The molecule has 12 heavy (non-hydrogen) atoms. The molecule has 0 aliphatic heterocycles. The summed E-state index contributed by atoms with van der Waals surface area (Å²) in [5, 5.41) is 0. The standard InChI is InChI=1S/C10H18OSi/c1-6-12(7-2,8-3)11-9-10(4)5/h6-8,10H,1-3,9H2,4-5H3. The van der Waals surface area contributed by atoms with E-state index in [9.17, 15) is 0 Å². The quantitative estimate of drug-likeness (QED) is 0.574. The van der Waals surface area contributed by atoms with Crippen LogP contribution in [-0.4, -0.2) is 14.9 Å². The molecule has 0 heterocycles. The second-order valence-electron chi connectivity index (χ2n) is 3.17. The van der Waals surface area contributed by atoms with Crippen LogP contribution in [0.1, 0.15) is 13.8 Å². The van der Waals surface area contributed by atoms with Crippen molar-refractivity contribution in [1.82, 2.24) is 0 Å². The van der Waals surface area contributed by atoms with Crippen LogP contribution in [0.3, 0.4) is 0 Å². The van der Waals surface area contributed by atoms with Gasteiger partial charge in [-0.3, -0.25) is 0 Å². The summed E-state index contributed by atoms with van der Waals surface area (Å²) in [7, 11) is -1.99. The summed E-state index contributed by atoms with van der Waals surface area (Å²) in [5.41, 5.74) is 5.53. The fraction of sp³-hybridized carbons (Fsp3) is 0.400. The van der Waals surface area contributed by atoms with E-state index in [0.717, 1.165) is 6.61 Å². The van der Waals surface area contributed by atoms with Gasteiger partial charge in [-0.05, 0) is 5.92 Å². The summed E-state index contributed by atoms with van der Waals surface area (Å²) in [6.45, 7) is 16.2. The molecule has 0 radical (unpaired) electrons. The van der Waals surface area contributed by atoms with E-state index in [4.69, 9.17) is 4.43 Å². The first-order valence-electron chi connectivity index (χ1n) is 4.15. The molecule has 0 bridgehead atoms. The van der Waals surface area contributed by atoms with Crippen LogP contribution in [-0.2, 0) is 4.43 Å². The van der Waals surface area contributed by atoms with Crippen molar-refractivity contribution in [2.45, 2.75) is 13.8 Å². The van der Waals surface area contributed by atoms with Gasteiger partial charge in [0, 0.05) is 6.61 Å². The average Bonchev–Trinajstić information content (AvgIpc) is 2.08. The molecular formula is C10H18OSi. The largest absolute Gasteiger partial charge is 0.405 e. The third-order valence-corrected chi connectivity index (χ3v) is 4.20. The Morgan fingerprint density at radius 3 is 1.83 bits per heavy atom. The summed E-state index contributed by atoms with van der Waals surface area (Å²) in [6.07, 6.45) is 0. The van der Waals surface area contributed by atoms with Crippen LogP contribution in [0.5, 0.6) is 0 Å². The first-order valence-corrected chi connectivity index (χ1v) is 6.29. The van der Waals surface area contributed by atoms with Gasteiger partial charge in [0.1, 0.15) is 0 Å². The minimum absolute atomic E-state index is 0.539. The summed E-state index contributed by atoms with van der Waals surface area (Å²) >= 11 is 0. The molecule has 0 aromatic carbocycles. The predicted octanol–water partition coefficient (Wildman–Crippen LogP) is 2.78. The molecular weight excluding hydrogens is 164 g/mol. The highest BCUT2D eigenvalue weighted by molar-refractivity contribution is 6.87. The highest BCUT2D eigenvalue weighted by atomic mass is 28.4. The summed E-state index contributed by atoms with van der Waals surface area (Å²) < 4.78 is 5.72. The fourth-order valence-electron chi connectivity index (χ4n) is 0.738. The van der Waals surface area contributed by atoms with Crippen LogP contribution in [0.15, 0.2) is 36.8 Å². The van der Waals surface area contributed by atoms with E-state index in [1.807, 2.05) is 17.1 Å². The lowest BCUT2D eigenvalue weighted by molar-refractivity contribution is 0.272. The minimum Gasteiger partial charge on any atom is -0.405 e. The van der Waals surface area contributed by atoms with Crippen LogP contribution in [0.2, 0.25) is 0 Å². The van der Waals surface area contributed by atoms with Gasteiger partial charge >= 0.3 is 0 Å². The molecule has 0 rings (SSSR count). The first-order chi connectivity index (χ1) is 5.60. The van der Waals surface area contributed by atoms with Gasteiger partial charge in [-0.25, -0.2) is 0 Å². The molecule has 0 amide bonds. The molecule has 1 nitrogen and oxygen atoms in total. The van der Waals surface area contributed by atoms with E-state index in [1.54, 1.807) is 0 Å². The van der Waals surface area contributed by atoms with Crippen molar-refractivity contribution in [1.29, 1.82) is 0 Å². The molecule has 0 aromatic heterocycles. The van der Waals surface area contributed by atoms with Crippen LogP contribution in [0, 0.1) is 5.92 Å². The van der Waals surface area contributed by atoms with Gasteiger partial charge in [0.25, 0.3) is 8.32 Å². The molecule has 0 atom stereocenters. The number of rotatable bonds is 6. The third kappa shape index (κ3) is 3.20. The molecule has 0 N–H and O–H groups in total. The second kappa shape index (κ2) is 5.12. The molecule has 2 heteroatoms. The molecule has 0 saturated carbocycles. The van der Waals surface area contributed by atoms with Gasteiger partial charge in [0.15, 0.2) is 0 Å². The Kier molecular flexibility index (Phi) is 4.86. The van der Waals surface area contributed by atoms with Crippen molar-refractivity contribution in [3.8, 4) is 0 Å². The Hall–Kier alpha value is -0.603. The van der Waals surface area contributed by atoms with E-state index >= 15 is 0 Å². The van der Waals surface area contributed by atoms with E-state index in [1.165, 1.54) is 0 Å². The van der Waals surface area contributed by atoms with E-state index in [0.29, 0.717) is 5.92 Å². The Balaban J connectivity index is 4.21. The maximum atomic E-state index is 5.72. The Bertz CT molecular complexity index is 151. The Morgan fingerprint density at radius 2 is 1.58 bits per heavy atom. The lowest BCUT2D eigenvalue weighted by atomic mass is 10.2. The predicted molar refractivity (Wildman–Crippen MR) is 57.1 cm³/mol. The zero-order chi connectivity index (χ0) is 9.61. The van der Waals surface area contributed by atoms with Gasteiger partial charge in [0.2, 0.25) is 0 Å². The van der Waals surface area contributed by atoms with E-state index in [2.05, 4.69) is 33.6 Å². The van der Waals surface area contributed by atoms with Crippen LogP contribution in [0.25, 0.3) is 0 Å². The van der Waals surface area contributed by atoms with Crippen LogP contribution in [0.4, 0.5) is 0 Å². The van der Waals surface area contributed by atoms with Crippen molar-refractivity contribution < 1.29 is 4.43 Å². The minimum atomic E-state index is -1.99. The number of hydrogen-bond acceptors (Lipinski definition) is 1.